The molecule has 124 valence electrons. The van der Waals surface area contributed by atoms with Crippen molar-refractivity contribution in [2.75, 3.05) is 18.8 Å². The van der Waals surface area contributed by atoms with Crippen LogP contribution < -0.4 is 4.72 Å². The van der Waals surface area contributed by atoms with E-state index in [4.69, 9.17) is 0 Å². The number of rotatable bonds is 9. The summed E-state index contributed by atoms with van der Waals surface area (Å²) in [5.41, 5.74) is 1.14. The molecule has 0 spiro atoms. The smallest absolute Gasteiger partial charge is 0.219 e. The van der Waals surface area contributed by atoms with Crippen LogP contribution in [0.4, 0.5) is 0 Å². The fourth-order valence-electron chi connectivity index (χ4n) is 2.28. The Bertz CT molecular complexity index is 556. The molecule has 1 amide bonds. The molecule has 0 heterocycles. The van der Waals surface area contributed by atoms with Gasteiger partial charge in [-0.1, -0.05) is 30.3 Å². The lowest BCUT2D eigenvalue weighted by Crippen LogP contribution is -2.41. The second kappa shape index (κ2) is 8.90. The number of carbonyl (C=O) groups is 1. The van der Waals surface area contributed by atoms with Crippen molar-refractivity contribution in [3.05, 3.63) is 35.9 Å². The summed E-state index contributed by atoms with van der Waals surface area (Å²) >= 11 is 0. The fourth-order valence-corrected chi connectivity index (χ4v) is 3.36. The van der Waals surface area contributed by atoms with Crippen molar-refractivity contribution in [1.29, 1.82) is 0 Å². The Labute approximate surface area is 133 Å². The molecule has 0 aliphatic carbocycles. The molecular formula is C16H26N2O3S. The topological polar surface area (TPSA) is 66.5 Å². The first-order chi connectivity index (χ1) is 10.3. The molecule has 22 heavy (non-hydrogen) atoms. The van der Waals surface area contributed by atoms with Crippen molar-refractivity contribution < 1.29 is 13.2 Å². The van der Waals surface area contributed by atoms with E-state index in [0.717, 1.165) is 12.0 Å². The minimum absolute atomic E-state index is 0.0433. The van der Waals surface area contributed by atoms with Crippen LogP contribution in [0.25, 0.3) is 0 Å². The van der Waals surface area contributed by atoms with Gasteiger partial charge >= 0.3 is 0 Å². The second-order valence-corrected chi connectivity index (χ2v) is 7.53. The molecular weight excluding hydrogens is 300 g/mol. The van der Waals surface area contributed by atoms with Gasteiger partial charge in [-0.05, 0) is 32.3 Å². The predicted octanol–water partition coefficient (Wildman–Crippen LogP) is 1.80. The maximum atomic E-state index is 11.9. The lowest BCUT2D eigenvalue weighted by Gasteiger charge is -2.25. The number of aryl methyl sites for hydroxylation is 1. The van der Waals surface area contributed by atoms with Gasteiger partial charge in [0.15, 0.2) is 0 Å². The lowest BCUT2D eigenvalue weighted by molar-refractivity contribution is -0.130. The molecule has 6 heteroatoms. The van der Waals surface area contributed by atoms with Gasteiger partial charge in [0.2, 0.25) is 15.9 Å². The minimum Gasteiger partial charge on any atom is -0.339 e. The van der Waals surface area contributed by atoms with E-state index >= 15 is 0 Å². The maximum Gasteiger partial charge on any atom is 0.219 e. The fraction of sp³-hybridized carbons (Fsp3) is 0.562. The molecule has 1 rings (SSSR count). The summed E-state index contributed by atoms with van der Waals surface area (Å²) in [6.07, 6.45) is 1.33. The van der Waals surface area contributed by atoms with Crippen molar-refractivity contribution in [1.82, 2.24) is 9.62 Å². The Kier molecular flexibility index (Phi) is 7.55. The van der Waals surface area contributed by atoms with E-state index in [1.54, 1.807) is 4.90 Å². The third-order valence-corrected chi connectivity index (χ3v) is 4.89. The van der Waals surface area contributed by atoms with Gasteiger partial charge < -0.3 is 4.90 Å². The SMILES string of the molecule is CC(=O)N(CCNS(=O)(=O)CCCc1ccccc1)C(C)C. The summed E-state index contributed by atoms with van der Waals surface area (Å²) in [5, 5.41) is 0. The molecule has 0 atom stereocenters. The van der Waals surface area contributed by atoms with E-state index in [-0.39, 0.29) is 24.2 Å². The molecule has 0 aliphatic rings. The molecule has 1 aromatic carbocycles. The Morgan fingerprint density at radius 3 is 2.41 bits per heavy atom. The van der Waals surface area contributed by atoms with E-state index in [0.29, 0.717) is 13.0 Å². The summed E-state index contributed by atoms with van der Waals surface area (Å²) in [5.74, 6) is 0.0576. The van der Waals surface area contributed by atoms with Crippen LogP contribution in [0.15, 0.2) is 30.3 Å². The van der Waals surface area contributed by atoms with Crippen LogP contribution >= 0.6 is 0 Å². The van der Waals surface area contributed by atoms with Crippen LogP contribution in [0.5, 0.6) is 0 Å². The molecule has 1 aromatic rings. The average Bonchev–Trinajstić information content (AvgIpc) is 2.43. The van der Waals surface area contributed by atoms with Gasteiger partial charge in [-0.2, -0.15) is 0 Å². The molecule has 0 radical (unpaired) electrons. The monoisotopic (exact) mass is 326 g/mol. The van der Waals surface area contributed by atoms with Crippen LogP contribution in [0.1, 0.15) is 32.8 Å². The Hall–Kier alpha value is -1.40. The van der Waals surface area contributed by atoms with Gasteiger partial charge in [-0.25, -0.2) is 13.1 Å². The number of hydrogen-bond donors (Lipinski definition) is 1. The van der Waals surface area contributed by atoms with Crippen molar-refractivity contribution in [3.63, 3.8) is 0 Å². The quantitative estimate of drug-likeness (QED) is 0.752. The first kappa shape index (κ1) is 18.6. The summed E-state index contributed by atoms with van der Waals surface area (Å²) in [7, 11) is -3.29. The number of carbonyl (C=O) groups excluding carboxylic acids is 1. The van der Waals surface area contributed by atoms with Gasteiger partial charge in [0, 0.05) is 26.1 Å². The largest absolute Gasteiger partial charge is 0.339 e. The number of sulfonamides is 1. The van der Waals surface area contributed by atoms with Crippen molar-refractivity contribution >= 4 is 15.9 Å². The highest BCUT2D eigenvalue weighted by atomic mass is 32.2. The number of nitrogens with zero attached hydrogens (tertiary/aromatic N) is 1. The van der Waals surface area contributed by atoms with Crippen LogP contribution in [0, 0.1) is 0 Å². The summed E-state index contributed by atoms with van der Waals surface area (Å²) < 4.78 is 26.4. The zero-order valence-corrected chi connectivity index (χ0v) is 14.4. The molecule has 0 bridgehead atoms. The van der Waals surface area contributed by atoms with Crippen molar-refractivity contribution in [2.24, 2.45) is 0 Å². The van der Waals surface area contributed by atoms with E-state index in [1.807, 2.05) is 44.2 Å². The Morgan fingerprint density at radius 2 is 1.86 bits per heavy atom. The number of hydrogen-bond acceptors (Lipinski definition) is 3. The third kappa shape index (κ3) is 7.04. The normalized spacial score (nSPS) is 11.6. The summed E-state index contributed by atoms with van der Waals surface area (Å²) in [6, 6.07) is 9.90. The van der Waals surface area contributed by atoms with Crippen molar-refractivity contribution in [2.45, 2.75) is 39.7 Å². The first-order valence-corrected chi connectivity index (χ1v) is 9.25. The minimum atomic E-state index is -3.29. The first-order valence-electron chi connectivity index (χ1n) is 7.60. The van der Waals surface area contributed by atoms with Gasteiger partial charge in [0.05, 0.1) is 5.75 Å². The molecule has 0 aliphatic heterocycles. The summed E-state index contributed by atoms with van der Waals surface area (Å²) in [6.45, 7) is 5.97. The number of amides is 1. The highest BCUT2D eigenvalue weighted by molar-refractivity contribution is 7.89. The molecule has 1 N–H and O–H groups in total. The standard InChI is InChI=1S/C16H26N2O3S/c1-14(2)18(15(3)19)12-11-17-22(20,21)13-7-10-16-8-5-4-6-9-16/h4-6,8-9,14,17H,7,10-13H2,1-3H3. The molecule has 0 fully saturated rings. The van der Waals surface area contributed by atoms with Gasteiger partial charge in [-0.15, -0.1) is 0 Å². The zero-order chi connectivity index (χ0) is 16.6. The molecule has 0 saturated carbocycles. The maximum absolute atomic E-state index is 11.9. The van der Waals surface area contributed by atoms with Crippen LogP contribution in [0.3, 0.4) is 0 Å². The van der Waals surface area contributed by atoms with Gasteiger partial charge in [0.25, 0.3) is 0 Å². The lowest BCUT2D eigenvalue weighted by atomic mass is 10.1. The highest BCUT2D eigenvalue weighted by Crippen LogP contribution is 2.04. The molecule has 0 saturated heterocycles. The van der Waals surface area contributed by atoms with Crippen LogP contribution in [-0.2, 0) is 21.2 Å². The van der Waals surface area contributed by atoms with E-state index < -0.39 is 10.0 Å². The van der Waals surface area contributed by atoms with Gasteiger partial charge in [-0.3, -0.25) is 4.79 Å². The zero-order valence-electron chi connectivity index (χ0n) is 13.6. The number of nitrogens with one attached hydrogen (secondary N) is 1. The van der Waals surface area contributed by atoms with E-state index in [2.05, 4.69) is 4.72 Å². The third-order valence-electron chi connectivity index (χ3n) is 3.42. The van der Waals surface area contributed by atoms with E-state index in [1.165, 1.54) is 6.92 Å². The molecule has 5 nitrogen and oxygen atoms in total. The highest BCUT2D eigenvalue weighted by Gasteiger charge is 2.14. The predicted molar refractivity (Wildman–Crippen MR) is 89.1 cm³/mol. The van der Waals surface area contributed by atoms with Crippen LogP contribution in [-0.4, -0.2) is 44.1 Å². The average molecular weight is 326 g/mol. The Morgan fingerprint density at radius 1 is 1.23 bits per heavy atom. The second-order valence-electron chi connectivity index (χ2n) is 5.61. The Balaban J connectivity index is 2.33. The number of benzene rings is 1. The van der Waals surface area contributed by atoms with Crippen molar-refractivity contribution in [3.8, 4) is 0 Å². The van der Waals surface area contributed by atoms with Gasteiger partial charge in [0.1, 0.15) is 0 Å². The molecule has 0 unspecified atom stereocenters. The van der Waals surface area contributed by atoms with Crippen LogP contribution in [0.2, 0.25) is 0 Å². The van der Waals surface area contributed by atoms with E-state index in [9.17, 15) is 13.2 Å². The molecule has 0 aromatic heterocycles. The summed E-state index contributed by atoms with van der Waals surface area (Å²) in [4.78, 5) is 13.1.